The lowest BCUT2D eigenvalue weighted by Gasteiger charge is -2.33. The first-order chi connectivity index (χ1) is 12.5. The molecule has 0 bridgehead atoms. The molecule has 2 aliphatic heterocycles. The van der Waals surface area contributed by atoms with Gasteiger partial charge in [0.1, 0.15) is 5.82 Å². The molecule has 9 heteroatoms. The fourth-order valence-electron chi connectivity index (χ4n) is 3.73. The fourth-order valence-corrected chi connectivity index (χ4v) is 5.52. The van der Waals surface area contributed by atoms with Crippen molar-refractivity contribution in [2.24, 2.45) is 7.05 Å². The minimum Gasteiger partial charge on any atom is -0.379 e. The van der Waals surface area contributed by atoms with Crippen LogP contribution in [-0.2, 0) is 22.0 Å². The van der Waals surface area contributed by atoms with E-state index in [-0.39, 0.29) is 5.56 Å². The Morgan fingerprint density at radius 1 is 1.15 bits per heavy atom. The van der Waals surface area contributed by atoms with Crippen LogP contribution in [0.4, 0.5) is 0 Å². The van der Waals surface area contributed by atoms with Crippen LogP contribution in [0.1, 0.15) is 24.7 Å². The zero-order valence-corrected chi connectivity index (χ0v) is 15.5. The van der Waals surface area contributed by atoms with Crippen LogP contribution in [0.3, 0.4) is 0 Å². The second-order valence-electron chi connectivity index (χ2n) is 6.64. The summed E-state index contributed by atoms with van der Waals surface area (Å²) in [5.74, 6) is 0.503. The lowest BCUT2D eigenvalue weighted by atomic mass is 10.2. The Bertz CT molecular complexity index is 982. The van der Waals surface area contributed by atoms with Gasteiger partial charge in [0, 0.05) is 26.7 Å². The Labute approximate surface area is 152 Å². The molecule has 140 valence electrons. The summed E-state index contributed by atoms with van der Waals surface area (Å²) in [6, 6.07) is 6.73. The molecule has 2 aromatic rings. The van der Waals surface area contributed by atoms with E-state index in [1.807, 2.05) is 6.07 Å². The zero-order valence-electron chi connectivity index (χ0n) is 14.7. The van der Waals surface area contributed by atoms with Gasteiger partial charge in [0.2, 0.25) is 0 Å². The highest BCUT2D eigenvalue weighted by Crippen LogP contribution is 2.34. The van der Waals surface area contributed by atoms with Crippen LogP contribution in [0.5, 0.6) is 0 Å². The SMILES string of the molecule is Cn1c(C2CCCN2S(=O)(=O)N2CCOCC2)nc2ccccc2c1=O. The molecule has 2 aliphatic rings. The Hall–Kier alpha value is -1.81. The highest BCUT2D eigenvalue weighted by molar-refractivity contribution is 7.86. The van der Waals surface area contributed by atoms with Gasteiger partial charge in [-0.3, -0.25) is 9.36 Å². The number of fused-ring (bicyclic) bond motifs is 1. The summed E-state index contributed by atoms with van der Waals surface area (Å²) >= 11 is 0. The van der Waals surface area contributed by atoms with Crippen LogP contribution < -0.4 is 5.56 Å². The molecule has 0 aliphatic carbocycles. The van der Waals surface area contributed by atoms with Gasteiger partial charge in [-0.05, 0) is 25.0 Å². The van der Waals surface area contributed by atoms with Crippen molar-refractivity contribution in [2.75, 3.05) is 32.8 Å². The third-order valence-electron chi connectivity index (χ3n) is 5.11. The number of benzene rings is 1. The van der Waals surface area contributed by atoms with Crippen molar-refractivity contribution in [3.05, 3.63) is 40.4 Å². The summed E-state index contributed by atoms with van der Waals surface area (Å²) in [5, 5.41) is 0.541. The van der Waals surface area contributed by atoms with Crippen molar-refractivity contribution in [3.63, 3.8) is 0 Å². The highest BCUT2D eigenvalue weighted by atomic mass is 32.2. The largest absolute Gasteiger partial charge is 0.379 e. The average Bonchev–Trinajstić information content (AvgIpc) is 3.16. The number of ether oxygens (including phenoxy) is 1. The molecule has 1 aromatic heterocycles. The van der Waals surface area contributed by atoms with Gasteiger partial charge in [-0.1, -0.05) is 12.1 Å². The van der Waals surface area contributed by atoms with Crippen molar-refractivity contribution in [2.45, 2.75) is 18.9 Å². The first kappa shape index (κ1) is 17.6. The monoisotopic (exact) mass is 378 g/mol. The molecule has 4 rings (SSSR count). The highest BCUT2D eigenvalue weighted by Gasteiger charge is 2.41. The average molecular weight is 378 g/mol. The topological polar surface area (TPSA) is 84.7 Å². The van der Waals surface area contributed by atoms with E-state index in [1.165, 1.54) is 13.2 Å². The maximum Gasteiger partial charge on any atom is 0.282 e. The number of morpholine rings is 1. The molecule has 8 nitrogen and oxygen atoms in total. The van der Waals surface area contributed by atoms with Crippen LogP contribution in [0.2, 0.25) is 0 Å². The van der Waals surface area contributed by atoms with Gasteiger partial charge in [0.25, 0.3) is 15.8 Å². The molecule has 1 atom stereocenters. The number of hydrogen-bond donors (Lipinski definition) is 0. The summed E-state index contributed by atoms with van der Waals surface area (Å²) in [5.41, 5.74) is 0.447. The lowest BCUT2D eigenvalue weighted by Crippen LogP contribution is -2.48. The van der Waals surface area contributed by atoms with E-state index in [0.29, 0.717) is 56.0 Å². The Morgan fingerprint density at radius 3 is 2.65 bits per heavy atom. The molecule has 0 saturated carbocycles. The molecule has 0 radical (unpaired) electrons. The van der Waals surface area contributed by atoms with Crippen LogP contribution in [0, 0.1) is 0 Å². The summed E-state index contributed by atoms with van der Waals surface area (Å²) in [6.07, 6.45) is 1.40. The normalized spacial score (nSPS) is 22.9. The van der Waals surface area contributed by atoms with E-state index in [9.17, 15) is 13.2 Å². The molecule has 1 aromatic carbocycles. The maximum atomic E-state index is 13.1. The van der Waals surface area contributed by atoms with E-state index in [4.69, 9.17) is 4.74 Å². The van der Waals surface area contributed by atoms with Gasteiger partial charge >= 0.3 is 0 Å². The van der Waals surface area contributed by atoms with Crippen molar-refractivity contribution < 1.29 is 13.2 Å². The molecule has 2 saturated heterocycles. The number of hydrogen-bond acceptors (Lipinski definition) is 5. The third-order valence-corrected chi connectivity index (χ3v) is 7.16. The van der Waals surface area contributed by atoms with Gasteiger partial charge in [-0.2, -0.15) is 17.0 Å². The predicted molar refractivity (Wildman–Crippen MR) is 97.0 cm³/mol. The molecule has 26 heavy (non-hydrogen) atoms. The molecular formula is C17H22N4O4S. The van der Waals surface area contributed by atoms with Gasteiger partial charge in [0.15, 0.2) is 0 Å². The van der Waals surface area contributed by atoms with Crippen LogP contribution in [0.25, 0.3) is 10.9 Å². The van der Waals surface area contributed by atoms with Gasteiger partial charge in [-0.15, -0.1) is 0 Å². The van der Waals surface area contributed by atoms with Gasteiger partial charge < -0.3 is 4.74 Å². The number of para-hydroxylation sites is 1. The Kier molecular flexibility index (Phi) is 4.55. The van der Waals surface area contributed by atoms with Crippen molar-refractivity contribution in [1.29, 1.82) is 0 Å². The molecule has 0 spiro atoms. The zero-order chi connectivity index (χ0) is 18.3. The first-order valence-corrected chi connectivity index (χ1v) is 10.2. The molecule has 3 heterocycles. The van der Waals surface area contributed by atoms with E-state index < -0.39 is 16.3 Å². The lowest BCUT2D eigenvalue weighted by molar-refractivity contribution is 0.0698. The maximum absolute atomic E-state index is 13.1. The molecule has 0 N–H and O–H groups in total. The summed E-state index contributed by atoms with van der Waals surface area (Å²) in [6.45, 7) is 1.97. The summed E-state index contributed by atoms with van der Waals surface area (Å²) in [7, 11) is -1.95. The van der Waals surface area contributed by atoms with Crippen LogP contribution in [0.15, 0.2) is 29.1 Å². The number of rotatable bonds is 3. The van der Waals surface area contributed by atoms with Gasteiger partial charge in [-0.25, -0.2) is 4.98 Å². The molecule has 0 amide bonds. The molecule has 2 fully saturated rings. The van der Waals surface area contributed by atoms with E-state index >= 15 is 0 Å². The predicted octanol–water partition coefficient (Wildman–Crippen LogP) is 0.647. The van der Waals surface area contributed by atoms with E-state index in [1.54, 1.807) is 25.2 Å². The smallest absolute Gasteiger partial charge is 0.282 e. The summed E-state index contributed by atoms with van der Waals surface area (Å²) < 4.78 is 35.9. The van der Waals surface area contributed by atoms with Crippen LogP contribution >= 0.6 is 0 Å². The van der Waals surface area contributed by atoms with E-state index in [0.717, 1.165) is 6.42 Å². The first-order valence-electron chi connectivity index (χ1n) is 8.80. The third kappa shape index (κ3) is 2.84. The fraction of sp³-hybridized carbons (Fsp3) is 0.529. The van der Waals surface area contributed by atoms with Crippen LogP contribution in [-0.4, -0.2) is 59.4 Å². The Balaban J connectivity index is 1.76. The molecular weight excluding hydrogens is 356 g/mol. The minimum absolute atomic E-state index is 0.152. The number of aromatic nitrogens is 2. The summed E-state index contributed by atoms with van der Waals surface area (Å²) in [4.78, 5) is 17.3. The second-order valence-corrected chi connectivity index (χ2v) is 8.52. The minimum atomic E-state index is -3.61. The Morgan fingerprint density at radius 2 is 1.88 bits per heavy atom. The quantitative estimate of drug-likeness (QED) is 0.783. The molecule has 1 unspecified atom stereocenters. The number of nitrogens with zero attached hydrogens (tertiary/aromatic N) is 4. The van der Waals surface area contributed by atoms with Crippen molar-refractivity contribution in [1.82, 2.24) is 18.2 Å². The standard InChI is InChI=1S/C17H22N4O4S/c1-19-16(18-14-6-3-2-5-13(14)17(19)22)15-7-4-8-21(15)26(23,24)20-9-11-25-12-10-20/h2-3,5-6,15H,4,7-12H2,1H3. The van der Waals surface area contributed by atoms with E-state index in [2.05, 4.69) is 4.98 Å². The second kappa shape index (κ2) is 6.73. The van der Waals surface area contributed by atoms with Crippen molar-refractivity contribution in [3.8, 4) is 0 Å². The van der Waals surface area contributed by atoms with Crippen molar-refractivity contribution >= 4 is 21.1 Å². The van der Waals surface area contributed by atoms with Gasteiger partial charge in [0.05, 0.1) is 30.2 Å².